The molecule has 1 aromatic carbocycles. The third-order valence-corrected chi connectivity index (χ3v) is 3.11. The Labute approximate surface area is 121 Å². The second kappa shape index (κ2) is 6.17. The van der Waals surface area contributed by atoms with Gasteiger partial charge in [-0.05, 0) is 59.1 Å². The zero-order valence-electron chi connectivity index (χ0n) is 11.0. The molecule has 0 bridgehead atoms. The van der Waals surface area contributed by atoms with Crippen molar-refractivity contribution in [2.45, 2.75) is 26.0 Å². The number of nitrogens with zero attached hydrogens (tertiary/aromatic N) is 1. The summed E-state index contributed by atoms with van der Waals surface area (Å²) in [5.74, 6) is 0.839. The van der Waals surface area contributed by atoms with Gasteiger partial charge in [0.15, 0.2) is 0 Å². The predicted octanol–water partition coefficient (Wildman–Crippen LogP) is 3.68. The molecule has 4 heteroatoms. The van der Waals surface area contributed by atoms with Crippen LogP contribution < -0.4 is 10.5 Å². The Morgan fingerprint density at radius 1 is 1.16 bits per heavy atom. The molecule has 0 fully saturated rings. The Morgan fingerprint density at radius 2 is 1.95 bits per heavy atom. The molecule has 0 aliphatic heterocycles. The molecule has 100 valence electrons. The van der Waals surface area contributed by atoms with Crippen LogP contribution in [0.25, 0.3) is 0 Å². The van der Waals surface area contributed by atoms with Crippen LogP contribution in [-0.2, 0) is 0 Å². The van der Waals surface area contributed by atoms with E-state index in [0.29, 0.717) is 0 Å². The van der Waals surface area contributed by atoms with Crippen molar-refractivity contribution in [1.29, 1.82) is 0 Å². The second-order valence-corrected chi connectivity index (χ2v) is 5.57. The van der Waals surface area contributed by atoms with Gasteiger partial charge in [-0.25, -0.2) is 0 Å². The van der Waals surface area contributed by atoms with Crippen molar-refractivity contribution >= 4 is 15.9 Å². The summed E-state index contributed by atoms with van der Waals surface area (Å²) in [6, 6.07) is 9.65. The molecule has 0 aliphatic carbocycles. The molecular weight excluding hydrogens is 304 g/mol. The lowest BCUT2D eigenvalue weighted by Gasteiger charge is -2.15. The maximum atomic E-state index is 6.27. The second-order valence-electron chi connectivity index (χ2n) is 4.65. The number of rotatable bonds is 4. The Morgan fingerprint density at radius 3 is 2.63 bits per heavy atom. The fourth-order valence-corrected chi connectivity index (χ4v) is 2.23. The topological polar surface area (TPSA) is 48.1 Å². The Kier molecular flexibility index (Phi) is 4.56. The maximum absolute atomic E-state index is 6.27. The lowest BCUT2D eigenvalue weighted by Crippen LogP contribution is -2.13. The van der Waals surface area contributed by atoms with Gasteiger partial charge < -0.3 is 10.5 Å². The highest BCUT2D eigenvalue weighted by Gasteiger charge is 2.11. The highest BCUT2D eigenvalue weighted by atomic mass is 79.9. The highest BCUT2D eigenvalue weighted by Crippen LogP contribution is 2.24. The van der Waals surface area contributed by atoms with Gasteiger partial charge in [0.05, 0.1) is 12.1 Å². The van der Waals surface area contributed by atoms with Crippen LogP contribution in [0.4, 0.5) is 0 Å². The monoisotopic (exact) mass is 320 g/mol. The molecule has 0 saturated heterocycles. The summed E-state index contributed by atoms with van der Waals surface area (Å²) in [7, 11) is 0. The molecule has 1 unspecified atom stereocenters. The zero-order valence-corrected chi connectivity index (χ0v) is 12.6. The quantitative estimate of drug-likeness (QED) is 0.934. The number of nitrogens with two attached hydrogens (primary N) is 1. The van der Waals surface area contributed by atoms with Crippen molar-refractivity contribution < 1.29 is 4.74 Å². The first-order valence-electron chi connectivity index (χ1n) is 6.19. The lowest BCUT2D eigenvalue weighted by molar-refractivity contribution is 0.242. The summed E-state index contributed by atoms with van der Waals surface area (Å²) in [5, 5.41) is 0. The minimum absolute atomic E-state index is 0.152. The molecule has 1 heterocycles. The first kappa shape index (κ1) is 14.0. The van der Waals surface area contributed by atoms with Gasteiger partial charge in [-0.3, -0.25) is 4.98 Å². The molecule has 2 N–H and O–H groups in total. The van der Waals surface area contributed by atoms with Crippen LogP contribution in [0.1, 0.15) is 31.0 Å². The summed E-state index contributed by atoms with van der Waals surface area (Å²) >= 11 is 3.41. The van der Waals surface area contributed by atoms with Crippen LogP contribution in [-0.4, -0.2) is 11.1 Å². The van der Waals surface area contributed by atoms with Crippen molar-refractivity contribution in [3.63, 3.8) is 0 Å². The number of ether oxygens (including phenoxy) is 1. The van der Waals surface area contributed by atoms with Crippen molar-refractivity contribution in [2.75, 3.05) is 0 Å². The molecule has 2 aromatic rings. The standard InChI is InChI=1S/C15H17BrN2O/c1-10(2)19-14-5-3-4-11(7-14)15(17)12-6-13(16)9-18-8-12/h3-10,15H,17H2,1-2H3. The molecule has 3 nitrogen and oxygen atoms in total. The van der Waals surface area contributed by atoms with E-state index in [2.05, 4.69) is 20.9 Å². The Balaban J connectivity index is 2.26. The number of hydrogen-bond acceptors (Lipinski definition) is 3. The first-order valence-corrected chi connectivity index (χ1v) is 6.98. The fourth-order valence-electron chi connectivity index (χ4n) is 1.84. The molecule has 1 aromatic heterocycles. The molecular formula is C15H17BrN2O. The van der Waals surface area contributed by atoms with E-state index >= 15 is 0 Å². The van der Waals surface area contributed by atoms with Crippen molar-refractivity contribution in [3.05, 3.63) is 58.3 Å². The van der Waals surface area contributed by atoms with Crippen LogP contribution in [0.2, 0.25) is 0 Å². The van der Waals surface area contributed by atoms with Crippen molar-refractivity contribution in [2.24, 2.45) is 5.73 Å². The molecule has 0 saturated carbocycles. The first-order chi connectivity index (χ1) is 9.06. The van der Waals surface area contributed by atoms with Gasteiger partial charge in [0.2, 0.25) is 0 Å². The minimum atomic E-state index is -0.208. The molecule has 0 amide bonds. The van der Waals surface area contributed by atoms with E-state index in [1.165, 1.54) is 0 Å². The predicted molar refractivity (Wildman–Crippen MR) is 80.2 cm³/mol. The SMILES string of the molecule is CC(C)Oc1cccc(C(N)c2cncc(Br)c2)c1. The van der Waals surface area contributed by atoms with Crippen LogP contribution in [0.15, 0.2) is 47.2 Å². The van der Waals surface area contributed by atoms with Crippen LogP contribution in [0.3, 0.4) is 0 Å². The number of aromatic nitrogens is 1. The number of hydrogen-bond donors (Lipinski definition) is 1. The molecule has 0 spiro atoms. The largest absolute Gasteiger partial charge is 0.491 e. The number of pyridine rings is 1. The van der Waals surface area contributed by atoms with E-state index in [0.717, 1.165) is 21.3 Å². The average molecular weight is 321 g/mol. The van der Waals surface area contributed by atoms with E-state index in [9.17, 15) is 0 Å². The van der Waals surface area contributed by atoms with Crippen molar-refractivity contribution in [1.82, 2.24) is 4.98 Å². The molecule has 2 rings (SSSR count). The molecule has 0 aliphatic rings. The zero-order chi connectivity index (χ0) is 13.8. The molecule has 19 heavy (non-hydrogen) atoms. The third kappa shape index (κ3) is 3.78. The minimum Gasteiger partial charge on any atom is -0.491 e. The van der Waals surface area contributed by atoms with Gasteiger partial charge in [0.25, 0.3) is 0 Å². The summed E-state index contributed by atoms with van der Waals surface area (Å²) < 4.78 is 6.61. The summed E-state index contributed by atoms with van der Waals surface area (Å²) in [4.78, 5) is 4.14. The summed E-state index contributed by atoms with van der Waals surface area (Å²) in [5.41, 5.74) is 8.25. The van der Waals surface area contributed by atoms with Gasteiger partial charge in [-0.15, -0.1) is 0 Å². The van der Waals surface area contributed by atoms with Gasteiger partial charge in [0, 0.05) is 16.9 Å². The average Bonchev–Trinajstić information content (AvgIpc) is 2.37. The Hall–Kier alpha value is -1.39. The molecule has 0 radical (unpaired) electrons. The van der Waals surface area contributed by atoms with E-state index in [4.69, 9.17) is 10.5 Å². The smallest absolute Gasteiger partial charge is 0.120 e. The van der Waals surface area contributed by atoms with Crippen LogP contribution in [0, 0.1) is 0 Å². The maximum Gasteiger partial charge on any atom is 0.120 e. The van der Waals surface area contributed by atoms with Crippen LogP contribution >= 0.6 is 15.9 Å². The summed E-state index contributed by atoms with van der Waals surface area (Å²) in [6.07, 6.45) is 3.68. The van der Waals surface area contributed by atoms with Gasteiger partial charge in [0.1, 0.15) is 5.75 Å². The fraction of sp³-hybridized carbons (Fsp3) is 0.267. The van der Waals surface area contributed by atoms with E-state index < -0.39 is 0 Å². The summed E-state index contributed by atoms with van der Waals surface area (Å²) in [6.45, 7) is 4.01. The van der Waals surface area contributed by atoms with Gasteiger partial charge in [-0.1, -0.05) is 12.1 Å². The highest BCUT2D eigenvalue weighted by molar-refractivity contribution is 9.10. The van der Waals surface area contributed by atoms with E-state index in [1.54, 1.807) is 12.4 Å². The third-order valence-electron chi connectivity index (χ3n) is 2.67. The number of benzene rings is 1. The van der Waals surface area contributed by atoms with Gasteiger partial charge in [-0.2, -0.15) is 0 Å². The van der Waals surface area contributed by atoms with Gasteiger partial charge >= 0.3 is 0 Å². The Bertz CT molecular complexity index is 557. The normalized spacial score (nSPS) is 12.5. The van der Waals surface area contributed by atoms with Crippen molar-refractivity contribution in [3.8, 4) is 5.75 Å². The number of halogens is 1. The molecule has 1 atom stereocenters. The van der Waals surface area contributed by atoms with Crippen LogP contribution in [0.5, 0.6) is 5.75 Å². The van der Waals surface area contributed by atoms with E-state index in [-0.39, 0.29) is 12.1 Å². The lowest BCUT2D eigenvalue weighted by atomic mass is 10.0. The van der Waals surface area contributed by atoms with E-state index in [1.807, 2.05) is 44.2 Å².